The number of oxime groups is 1. The van der Waals surface area contributed by atoms with Crippen LogP contribution in [0, 0.1) is 0 Å². The lowest BCUT2D eigenvalue weighted by atomic mass is 10.1. The SMILES string of the molecule is COc1ccc(/C(N)=N/O)cc1CN(C)C1CC1. The molecule has 1 aromatic carbocycles. The van der Waals surface area contributed by atoms with Crippen molar-refractivity contribution in [3.8, 4) is 5.75 Å². The van der Waals surface area contributed by atoms with Gasteiger partial charge in [-0.3, -0.25) is 4.90 Å². The zero-order valence-corrected chi connectivity index (χ0v) is 10.8. The van der Waals surface area contributed by atoms with Crippen LogP contribution < -0.4 is 10.5 Å². The van der Waals surface area contributed by atoms with Gasteiger partial charge in [-0.2, -0.15) is 0 Å². The highest BCUT2D eigenvalue weighted by Gasteiger charge is 2.26. The number of hydrogen-bond acceptors (Lipinski definition) is 4. The van der Waals surface area contributed by atoms with Gasteiger partial charge in [0.1, 0.15) is 5.75 Å². The van der Waals surface area contributed by atoms with Crippen LogP contribution in [0.1, 0.15) is 24.0 Å². The predicted octanol–water partition coefficient (Wildman–Crippen LogP) is 1.38. The van der Waals surface area contributed by atoms with Crippen LogP contribution in [-0.4, -0.2) is 36.1 Å². The molecule has 1 aliphatic rings. The van der Waals surface area contributed by atoms with Crippen molar-refractivity contribution < 1.29 is 9.94 Å². The van der Waals surface area contributed by atoms with Gasteiger partial charge in [0.15, 0.2) is 5.84 Å². The van der Waals surface area contributed by atoms with Crippen molar-refractivity contribution >= 4 is 5.84 Å². The molecule has 0 amide bonds. The number of ether oxygens (including phenoxy) is 1. The molecule has 1 aromatic rings. The van der Waals surface area contributed by atoms with Crippen LogP contribution in [0.15, 0.2) is 23.4 Å². The Morgan fingerprint density at radius 1 is 1.56 bits per heavy atom. The molecule has 0 heterocycles. The molecule has 1 fully saturated rings. The van der Waals surface area contributed by atoms with Crippen LogP contribution in [0.25, 0.3) is 0 Å². The molecule has 0 radical (unpaired) electrons. The summed E-state index contributed by atoms with van der Waals surface area (Å²) in [5.41, 5.74) is 7.36. The summed E-state index contributed by atoms with van der Waals surface area (Å²) in [7, 11) is 3.76. The van der Waals surface area contributed by atoms with E-state index in [1.165, 1.54) is 12.8 Å². The molecule has 0 spiro atoms. The lowest BCUT2D eigenvalue weighted by molar-refractivity contribution is 0.307. The minimum atomic E-state index is 0.118. The molecule has 0 aliphatic heterocycles. The number of amidine groups is 1. The van der Waals surface area contributed by atoms with E-state index in [-0.39, 0.29) is 5.84 Å². The van der Waals surface area contributed by atoms with Crippen molar-refractivity contribution in [2.45, 2.75) is 25.4 Å². The standard InChI is InChI=1S/C13H19N3O2/c1-16(11-4-5-11)8-10-7-9(13(14)15-17)3-6-12(10)18-2/h3,6-7,11,17H,4-5,8H2,1-2H3,(H2,14,15). The van der Waals surface area contributed by atoms with Gasteiger partial charge >= 0.3 is 0 Å². The summed E-state index contributed by atoms with van der Waals surface area (Å²) in [5.74, 6) is 0.949. The highest BCUT2D eigenvalue weighted by atomic mass is 16.5. The second-order valence-electron chi connectivity index (χ2n) is 4.66. The summed E-state index contributed by atoms with van der Waals surface area (Å²) in [5, 5.41) is 11.7. The van der Waals surface area contributed by atoms with Crippen molar-refractivity contribution in [1.82, 2.24) is 4.90 Å². The Morgan fingerprint density at radius 2 is 2.28 bits per heavy atom. The first-order valence-electron chi connectivity index (χ1n) is 6.00. The quantitative estimate of drug-likeness (QED) is 0.358. The van der Waals surface area contributed by atoms with Crippen molar-refractivity contribution in [3.05, 3.63) is 29.3 Å². The first-order valence-corrected chi connectivity index (χ1v) is 6.00. The van der Waals surface area contributed by atoms with Crippen LogP contribution in [0.5, 0.6) is 5.75 Å². The summed E-state index contributed by atoms with van der Waals surface area (Å²) in [6.45, 7) is 0.806. The van der Waals surface area contributed by atoms with Crippen molar-refractivity contribution in [1.29, 1.82) is 0 Å². The Balaban J connectivity index is 2.23. The van der Waals surface area contributed by atoms with E-state index in [4.69, 9.17) is 15.7 Å². The molecule has 2 rings (SSSR count). The van der Waals surface area contributed by atoms with E-state index in [0.717, 1.165) is 17.9 Å². The third-order valence-corrected chi connectivity index (χ3v) is 3.27. The molecule has 0 saturated heterocycles. The van der Waals surface area contributed by atoms with Crippen molar-refractivity contribution in [2.75, 3.05) is 14.2 Å². The van der Waals surface area contributed by atoms with Crippen LogP contribution in [0.4, 0.5) is 0 Å². The molecule has 98 valence electrons. The lowest BCUT2D eigenvalue weighted by Gasteiger charge is -2.18. The van der Waals surface area contributed by atoms with Crippen LogP contribution in [-0.2, 0) is 6.54 Å². The number of nitrogens with two attached hydrogens (primary N) is 1. The molecule has 5 nitrogen and oxygen atoms in total. The van der Waals surface area contributed by atoms with Crippen LogP contribution in [0.2, 0.25) is 0 Å². The van der Waals surface area contributed by atoms with E-state index >= 15 is 0 Å². The number of rotatable bonds is 5. The third kappa shape index (κ3) is 2.73. The predicted molar refractivity (Wildman–Crippen MR) is 70.0 cm³/mol. The highest BCUT2D eigenvalue weighted by Crippen LogP contribution is 2.29. The van der Waals surface area contributed by atoms with E-state index in [9.17, 15) is 0 Å². The topological polar surface area (TPSA) is 71.1 Å². The van der Waals surface area contributed by atoms with E-state index < -0.39 is 0 Å². The summed E-state index contributed by atoms with van der Waals surface area (Å²) < 4.78 is 5.34. The molecule has 0 unspecified atom stereocenters. The molecule has 1 aliphatic carbocycles. The summed E-state index contributed by atoms with van der Waals surface area (Å²) in [4.78, 5) is 2.30. The first-order chi connectivity index (χ1) is 8.65. The Morgan fingerprint density at radius 3 is 2.83 bits per heavy atom. The number of nitrogens with zero attached hydrogens (tertiary/aromatic N) is 2. The van der Waals surface area contributed by atoms with Gasteiger partial charge < -0.3 is 15.7 Å². The minimum absolute atomic E-state index is 0.118. The Labute approximate surface area is 107 Å². The van der Waals surface area contributed by atoms with Gasteiger partial charge in [-0.25, -0.2) is 0 Å². The summed E-state index contributed by atoms with van der Waals surface area (Å²) in [6.07, 6.45) is 2.53. The molecule has 0 aromatic heterocycles. The van der Waals surface area contributed by atoms with Gasteiger partial charge in [0.25, 0.3) is 0 Å². The van der Waals surface area contributed by atoms with Gasteiger partial charge in [-0.05, 0) is 38.1 Å². The highest BCUT2D eigenvalue weighted by molar-refractivity contribution is 5.97. The van der Waals surface area contributed by atoms with Gasteiger partial charge in [0, 0.05) is 23.7 Å². The van der Waals surface area contributed by atoms with Crippen molar-refractivity contribution in [2.24, 2.45) is 10.9 Å². The molecule has 5 heteroatoms. The van der Waals surface area contributed by atoms with Crippen LogP contribution >= 0.6 is 0 Å². The monoisotopic (exact) mass is 249 g/mol. The molecule has 18 heavy (non-hydrogen) atoms. The second-order valence-corrected chi connectivity index (χ2v) is 4.66. The smallest absolute Gasteiger partial charge is 0.170 e. The molecule has 0 bridgehead atoms. The maximum atomic E-state index is 8.71. The summed E-state index contributed by atoms with van der Waals surface area (Å²) >= 11 is 0. The molecular formula is C13H19N3O2. The maximum Gasteiger partial charge on any atom is 0.170 e. The molecular weight excluding hydrogens is 230 g/mol. The van der Waals surface area contributed by atoms with Crippen LogP contribution in [0.3, 0.4) is 0 Å². The zero-order valence-electron chi connectivity index (χ0n) is 10.8. The molecule has 1 saturated carbocycles. The number of methoxy groups -OCH3 is 1. The Hall–Kier alpha value is -1.75. The van der Waals surface area contributed by atoms with Gasteiger partial charge in [0.2, 0.25) is 0 Å². The molecule has 3 N–H and O–H groups in total. The van der Waals surface area contributed by atoms with E-state index in [0.29, 0.717) is 11.6 Å². The fourth-order valence-electron chi connectivity index (χ4n) is 2.03. The lowest BCUT2D eigenvalue weighted by Crippen LogP contribution is -2.21. The normalized spacial score (nSPS) is 16.1. The number of hydrogen-bond donors (Lipinski definition) is 2. The minimum Gasteiger partial charge on any atom is -0.496 e. The first kappa shape index (κ1) is 12.7. The average Bonchev–Trinajstić information content (AvgIpc) is 3.22. The molecule has 0 atom stereocenters. The Kier molecular flexibility index (Phi) is 3.72. The second kappa shape index (κ2) is 5.27. The Bertz CT molecular complexity index is 456. The number of benzene rings is 1. The van der Waals surface area contributed by atoms with Crippen molar-refractivity contribution in [3.63, 3.8) is 0 Å². The largest absolute Gasteiger partial charge is 0.496 e. The van der Waals surface area contributed by atoms with E-state index in [1.54, 1.807) is 13.2 Å². The zero-order chi connectivity index (χ0) is 13.1. The van der Waals surface area contributed by atoms with Gasteiger partial charge in [-0.15, -0.1) is 0 Å². The fourth-order valence-corrected chi connectivity index (χ4v) is 2.03. The van der Waals surface area contributed by atoms with Gasteiger partial charge in [0.05, 0.1) is 7.11 Å². The van der Waals surface area contributed by atoms with E-state index in [1.807, 2.05) is 12.1 Å². The van der Waals surface area contributed by atoms with Gasteiger partial charge in [-0.1, -0.05) is 5.16 Å². The van der Waals surface area contributed by atoms with E-state index in [2.05, 4.69) is 17.1 Å². The third-order valence-electron chi connectivity index (χ3n) is 3.27. The maximum absolute atomic E-state index is 8.71. The summed E-state index contributed by atoms with van der Waals surface area (Å²) in [6, 6.07) is 6.23. The fraction of sp³-hybridized carbons (Fsp3) is 0.462. The average molecular weight is 249 g/mol.